The summed E-state index contributed by atoms with van der Waals surface area (Å²) < 4.78 is 5.91. The smallest absolute Gasteiger partial charge is 0.0925 e. The van der Waals surface area contributed by atoms with Crippen molar-refractivity contribution >= 4 is 0 Å². The standard InChI is InChI=1S/C13H20O/c1-4-13(5-2,14-6-3)12-10-8-7-9-11-12/h7-11H,4-6H2,1-3H3. The van der Waals surface area contributed by atoms with Crippen LogP contribution in [0.4, 0.5) is 0 Å². The Morgan fingerprint density at radius 2 is 1.57 bits per heavy atom. The SMILES string of the molecule is CCOC(CC)(CC)c1ccccc1. The van der Waals surface area contributed by atoms with E-state index in [4.69, 9.17) is 4.74 Å². The van der Waals surface area contributed by atoms with Crippen molar-refractivity contribution in [1.82, 2.24) is 0 Å². The van der Waals surface area contributed by atoms with E-state index in [1.165, 1.54) is 5.56 Å². The van der Waals surface area contributed by atoms with Gasteiger partial charge in [0.15, 0.2) is 0 Å². The minimum Gasteiger partial charge on any atom is -0.371 e. The lowest BCUT2D eigenvalue weighted by atomic mass is 9.88. The van der Waals surface area contributed by atoms with Gasteiger partial charge in [0.2, 0.25) is 0 Å². The lowest BCUT2D eigenvalue weighted by Crippen LogP contribution is -2.28. The van der Waals surface area contributed by atoms with Crippen LogP contribution in [0.15, 0.2) is 30.3 Å². The summed E-state index contributed by atoms with van der Waals surface area (Å²) in [6.07, 6.45) is 2.06. The zero-order valence-corrected chi connectivity index (χ0v) is 9.42. The van der Waals surface area contributed by atoms with Gasteiger partial charge in [0.05, 0.1) is 5.60 Å². The highest BCUT2D eigenvalue weighted by molar-refractivity contribution is 5.22. The summed E-state index contributed by atoms with van der Waals surface area (Å²) in [5.41, 5.74) is 1.22. The van der Waals surface area contributed by atoms with Crippen molar-refractivity contribution in [3.05, 3.63) is 35.9 Å². The lowest BCUT2D eigenvalue weighted by Gasteiger charge is -2.32. The summed E-state index contributed by atoms with van der Waals surface area (Å²) in [7, 11) is 0. The van der Waals surface area contributed by atoms with Gasteiger partial charge in [0.25, 0.3) is 0 Å². The van der Waals surface area contributed by atoms with E-state index in [-0.39, 0.29) is 5.60 Å². The summed E-state index contributed by atoms with van der Waals surface area (Å²) in [6.45, 7) is 7.21. The Morgan fingerprint density at radius 3 is 2.00 bits per heavy atom. The highest BCUT2D eigenvalue weighted by Gasteiger charge is 2.28. The molecule has 1 rings (SSSR count). The molecule has 0 heterocycles. The molecule has 0 aliphatic heterocycles. The monoisotopic (exact) mass is 192 g/mol. The largest absolute Gasteiger partial charge is 0.371 e. The molecule has 0 spiro atoms. The van der Waals surface area contributed by atoms with Crippen LogP contribution >= 0.6 is 0 Å². The number of rotatable bonds is 5. The molecule has 0 saturated heterocycles. The Morgan fingerprint density at radius 1 is 1.00 bits per heavy atom. The van der Waals surface area contributed by atoms with Crippen LogP contribution in [0, 0.1) is 0 Å². The van der Waals surface area contributed by atoms with Crippen LogP contribution in [0.3, 0.4) is 0 Å². The van der Waals surface area contributed by atoms with Crippen LogP contribution in [0.5, 0.6) is 0 Å². The second-order valence-electron chi connectivity index (χ2n) is 3.50. The zero-order chi connectivity index (χ0) is 10.4. The van der Waals surface area contributed by atoms with Crippen LogP contribution in [0.1, 0.15) is 39.2 Å². The number of ether oxygens (including phenoxy) is 1. The third-order valence-corrected chi connectivity index (χ3v) is 2.86. The molecule has 1 aromatic carbocycles. The normalized spacial score (nSPS) is 11.6. The molecule has 14 heavy (non-hydrogen) atoms. The summed E-state index contributed by atoms with van der Waals surface area (Å²) in [5, 5.41) is 0. The van der Waals surface area contributed by atoms with Crippen LogP contribution in [-0.4, -0.2) is 6.61 Å². The first-order valence-corrected chi connectivity index (χ1v) is 5.48. The van der Waals surface area contributed by atoms with Crippen molar-refractivity contribution in [2.24, 2.45) is 0 Å². The maximum atomic E-state index is 5.91. The Hall–Kier alpha value is -0.820. The van der Waals surface area contributed by atoms with Gasteiger partial charge in [-0.2, -0.15) is 0 Å². The molecular weight excluding hydrogens is 172 g/mol. The first kappa shape index (κ1) is 11.3. The van der Waals surface area contributed by atoms with E-state index in [0.29, 0.717) is 0 Å². The highest BCUT2D eigenvalue weighted by atomic mass is 16.5. The first-order valence-electron chi connectivity index (χ1n) is 5.48. The molecule has 1 aromatic rings. The third-order valence-electron chi connectivity index (χ3n) is 2.86. The van der Waals surface area contributed by atoms with Crippen molar-refractivity contribution in [1.29, 1.82) is 0 Å². The second kappa shape index (κ2) is 5.16. The van der Waals surface area contributed by atoms with Crippen LogP contribution in [-0.2, 0) is 10.3 Å². The van der Waals surface area contributed by atoms with Gasteiger partial charge in [-0.3, -0.25) is 0 Å². The first-order chi connectivity index (χ1) is 6.79. The Kier molecular flexibility index (Phi) is 4.15. The molecule has 0 saturated carbocycles. The molecule has 0 N–H and O–H groups in total. The van der Waals surface area contributed by atoms with Crippen molar-refractivity contribution in [3.8, 4) is 0 Å². The lowest BCUT2D eigenvalue weighted by molar-refractivity contribution is -0.0505. The maximum absolute atomic E-state index is 5.91. The molecular formula is C13H20O. The summed E-state index contributed by atoms with van der Waals surface area (Å²) in [4.78, 5) is 0. The predicted molar refractivity (Wildman–Crippen MR) is 60.3 cm³/mol. The third kappa shape index (κ3) is 2.16. The van der Waals surface area contributed by atoms with Crippen molar-refractivity contribution < 1.29 is 4.74 Å². The minimum absolute atomic E-state index is 0.0734. The Bertz CT molecular complexity index is 249. The van der Waals surface area contributed by atoms with Crippen molar-refractivity contribution in [2.75, 3.05) is 6.61 Å². The second-order valence-corrected chi connectivity index (χ2v) is 3.50. The average Bonchev–Trinajstić information content (AvgIpc) is 2.27. The van der Waals surface area contributed by atoms with Crippen molar-refractivity contribution in [3.63, 3.8) is 0 Å². The van der Waals surface area contributed by atoms with E-state index in [1.807, 2.05) is 6.07 Å². The van der Waals surface area contributed by atoms with Gasteiger partial charge in [0, 0.05) is 6.61 Å². The van der Waals surface area contributed by atoms with Crippen molar-refractivity contribution in [2.45, 2.75) is 39.2 Å². The molecule has 0 amide bonds. The molecule has 1 nitrogen and oxygen atoms in total. The summed E-state index contributed by atoms with van der Waals surface area (Å²) >= 11 is 0. The van der Waals surface area contributed by atoms with Gasteiger partial charge in [-0.25, -0.2) is 0 Å². The van der Waals surface area contributed by atoms with Gasteiger partial charge in [0.1, 0.15) is 0 Å². The quantitative estimate of drug-likeness (QED) is 0.690. The molecule has 1 heteroatoms. The molecule has 0 bridgehead atoms. The average molecular weight is 192 g/mol. The fourth-order valence-corrected chi connectivity index (χ4v) is 1.96. The van der Waals surface area contributed by atoms with Gasteiger partial charge < -0.3 is 4.74 Å². The molecule has 0 aliphatic carbocycles. The fraction of sp³-hybridized carbons (Fsp3) is 0.538. The van der Waals surface area contributed by atoms with E-state index in [9.17, 15) is 0 Å². The number of hydrogen-bond donors (Lipinski definition) is 0. The topological polar surface area (TPSA) is 9.23 Å². The molecule has 0 radical (unpaired) electrons. The number of benzene rings is 1. The Labute approximate surface area is 87.1 Å². The van der Waals surface area contributed by atoms with E-state index < -0.39 is 0 Å². The fourth-order valence-electron chi connectivity index (χ4n) is 1.96. The van der Waals surface area contributed by atoms with E-state index in [0.717, 1.165) is 19.4 Å². The molecule has 0 unspecified atom stereocenters. The summed E-state index contributed by atoms with van der Waals surface area (Å²) in [6, 6.07) is 10.5. The van der Waals surface area contributed by atoms with E-state index in [1.54, 1.807) is 0 Å². The van der Waals surface area contributed by atoms with Crippen LogP contribution in [0.25, 0.3) is 0 Å². The van der Waals surface area contributed by atoms with Gasteiger partial charge >= 0.3 is 0 Å². The van der Waals surface area contributed by atoms with Gasteiger partial charge in [-0.1, -0.05) is 44.2 Å². The van der Waals surface area contributed by atoms with E-state index >= 15 is 0 Å². The molecule has 0 fully saturated rings. The predicted octanol–water partition coefficient (Wildman–Crippen LogP) is 3.74. The molecule has 0 atom stereocenters. The molecule has 78 valence electrons. The summed E-state index contributed by atoms with van der Waals surface area (Å²) in [5.74, 6) is 0. The van der Waals surface area contributed by atoms with Crippen LogP contribution < -0.4 is 0 Å². The van der Waals surface area contributed by atoms with E-state index in [2.05, 4.69) is 45.0 Å². The molecule has 0 aromatic heterocycles. The number of hydrogen-bond acceptors (Lipinski definition) is 1. The Balaban J connectivity index is 2.98. The highest BCUT2D eigenvalue weighted by Crippen LogP contribution is 2.32. The molecule has 0 aliphatic rings. The minimum atomic E-state index is -0.0734. The van der Waals surface area contributed by atoms with Crippen LogP contribution in [0.2, 0.25) is 0 Å². The van der Waals surface area contributed by atoms with Gasteiger partial charge in [-0.05, 0) is 25.3 Å². The van der Waals surface area contributed by atoms with Gasteiger partial charge in [-0.15, -0.1) is 0 Å². The zero-order valence-electron chi connectivity index (χ0n) is 9.42. The maximum Gasteiger partial charge on any atom is 0.0925 e.